The molecule has 0 unspecified atom stereocenters. The van der Waals surface area contributed by atoms with Gasteiger partial charge in [0.15, 0.2) is 0 Å². The van der Waals surface area contributed by atoms with E-state index in [1.165, 1.54) is 50.1 Å². The molecule has 0 amide bonds. The van der Waals surface area contributed by atoms with E-state index >= 15 is 0 Å². The zero-order valence-corrected chi connectivity index (χ0v) is 30.4. The van der Waals surface area contributed by atoms with Gasteiger partial charge in [-0.2, -0.15) is 0 Å². The number of hydrogen-bond acceptors (Lipinski definition) is 2. The van der Waals surface area contributed by atoms with Crippen molar-refractivity contribution in [2.75, 3.05) is 4.90 Å². The fraction of sp³-hybridized carbons (Fsp3) is 0.0784. The number of rotatable bonds is 8. The number of pyridine rings is 1. The van der Waals surface area contributed by atoms with Crippen LogP contribution >= 0.6 is 0 Å². The summed E-state index contributed by atoms with van der Waals surface area (Å²) in [6.45, 7) is 6.85. The first-order valence-electron chi connectivity index (χ1n) is 18.3. The molecule has 2 heteroatoms. The highest BCUT2D eigenvalue weighted by Crippen LogP contribution is 2.44. The van der Waals surface area contributed by atoms with Crippen LogP contribution < -0.4 is 4.90 Å². The highest BCUT2D eigenvalue weighted by atomic mass is 15.1. The zero-order valence-electron chi connectivity index (χ0n) is 30.4. The first-order valence-corrected chi connectivity index (χ1v) is 18.3. The molecular formula is C51H42N2. The van der Waals surface area contributed by atoms with Crippen molar-refractivity contribution >= 4 is 17.1 Å². The molecule has 8 rings (SSSR count). The second-order valence-electron chi connectivity index (χ2n) is 14.5. The van der Waals surface area contributed by atoms with E-state index in [9.17, 15) is 0 Å². The lowest BCUT2D eigenvalue weighted by molar-refractivity contribution is 0.591. The predicted molar refractivity (Wildman–Crippen MR) is 225 cm³/mol. The molecule has 256 valence electrons. The summed E-state index contributed by atoms with van der Waals surface area (Å²) in [5.74, 6) is 0. The summed E-state index contributed by atoms with van der Waals surface area (Å²) in [6.07, 6.45) is 2.02. The fourth-order valence-corrected chi connectivity index (χ4v) is 7.02. The molecular weight excluding hydrogens is 641 g/mol. The Kier molecular flexibility index (Phi) is 9.27. The van der Waals surface area contributed by atoms with Gasteiger partial charge in [-0.25, -0.2) is 0 Å². The molecule has 0 bridgehead atoms. The smallest absolute Gasteiger partial charge is 0.0716 e. The van der Waals surface area contributed by atoms with Gasteiger partial charge in [0.2, 0.25) is 0 Å². The van der Waals surface area contributed by atoms with E-state index in [2.05, 4.69) is 220 Å². The third-order valence-electron chi connectivity index (χ3n) is 9.90. The summed E-state index contributed by atoms with van der Waals surface area (Å²) in [4.78, 5) is 7.56. The van der Waals surface area contributed by atoms with Crippen LogP contribution in [0.4, 0.5) is 17.1 Å². The van der Waals surface area contributed by atoms with Crippen LogP contribution in [-0.2, 0) is 5.41 Å². The number of hydrogen-bond donors (Lipinski definition) is 0. The quantitative estimate of drug-likeness (QED) is 0.159. The number of nitrogens with zero attached hydrogens (tertiary/aromatic N) is 2. The summed E-state index contributed by atoms with van der Waals surface area (Å²) in [7, 11) is 0. The number of anilines is 3. The topological polar surface area (TPSA) is 16.1 Å². The lowest BCUT2D eigenvalue weighted by Crippen LogP contribution is -2.12. The number of benzene rings is 7. The fourth-order valence-electron chi connectivity index (χ4n) is 7.02. The average molecular weight is 683 g/mol. The lowest BCUT2D eigenvalue weighted by atomic mass is 9.80. The van der Waals surface area contributed by atoms with Gasteiger partial charge < -0.3 is 4.90 Å². The van der Waals surface area contributed by atoms with E-state index in [1.54, 1.807) is 0 Å². The molecule has 0 saturated heterocycles. The Hall–Kier alpha value is -6.51. The monoisotopic (exact) mass is 682 g/mol. The first kappa shape index (κ1) is 33.6. The van der Waals surface area contributed by atoms with Gasteiger partial charge in [0.25, 0.3) is 0 Å². The van der Waals surface area contributed by atoms with E-state index in [4.69, 9.17) is 4.98 Å². The maximum Gasteiger partial charge on any atom is 0.0716 e. The van der Waals surface area contributed by atoms with E-state index in [0.29, 0.717) is 0 Å². The molecule has 7 aromatic carbocycles. The van der Waals surface area contributed by atoms with Crippen LogP contribution in [0, 0.1) is 0 Å². The van der Waals surface area contributed by atoms with Crippen molar-refractivity contribution in [3.05, 3.63) is 206 Å². The van der Waals surface area contributed by atoms with E-state index in [0.717, 1.165) is 28.3 Å². The van der Waals surface area contributed by atoms with Crippen LogP contribution in [-0.4, -0.2) is 4.98 Å². The van der Waals surface area contributed by atoms with Crippen molar-refractivity contribution in [3.63, 3.8) is 0 Å². The molecule has 0 atom stereocenters. The third kappa shape index (κ3) is 7.18. The Labute approximate surface area is 313 Å². The highest BCUT2D eigenvalue weighted by Gasteiger charge is 2.23. The second kappa shape index (κ2) is 14.6. The number of aromatic nitrogens is 1. The molecule has 0 spiro atoms. The predicted octanol–water partition coefficient (Wildman–Crippen LogP) is 14.2. The Morgan fingerprint density at radius 1 is 0.377 bits per heavy atom. The molecule has 1 aromatic heterocycles. The van der Waals surface area contributed by atoms with Crippen molar-refractivity contribution in [1.82, 2.24) is 4.98 Å². The van der Waals surface area contributed by atoms with E-state index in [1.807, 2.05) is 6.20 Å². The Morgan fingerprint density at radius 2 is 0.736 bits per heavy atom. The molecule has 1 heterocycles. The minimum absolute atomic E-state index is 0.0322. The summed E-state index contributed by atoms with van der Waals surface area (Å²) in [5.41, 5.74) is 15.9. The molecule has 2 nitrogen and oxygen atoms in total. The minimum atomic E-state index is -0.0322. The van der Waals surface area contributed by atoms with Crippen LogP contribution in [0.2, 0.25) is 0 Å². The largest absolute Gasteiger partial charge is 0.309 e. The summed E-state index contributed by atoms with van der Waals surface area (Å²) < 4.78 is 0. The van der Waals surface area contributed by atoms with Crippen molar-refractivity contribution in [3.8, 4) is 55.8 Å². The Bertz CT molecular complexity index is 2270. The average Bonchev–Trinajstić information content (AvgIpc) is 3.22. The summed E-state index contributed by atoms with van der Waals surface area (Å²) in [6, 6.07) is 69.2. The van der Waals surface area contributed by atoms with Crippen LogP contribution in [0.5, 0.6) is 0 Å². The molecule has 0 fully saturated rings. The molecule has 8 aromatic rings. The second-order valence-corrected chi connectivity index (χ2v) is 14.5. The van der Waals surface area contributed by atoms with Gasteiger partial charge in [0.1, 0.15) is 0 Å². The van der Waals surface area contributed by atoms with Gasteiger partial charge in [-0.3, -0.25) is 4.98 Å². The molecule has 0 radical (unpaired) electrons. The zero-order chi connectivity index (χ0) is 36.2. The third-order valence-corrected chi connectivity index (χ3v) is 9.90. The molecule has 0 aliphatic heterocycles. The van der Waals surface area contributed by atoms with Gasteiger partial charge >= 0.3 is 0 Å². The molecule has 0 N–H and O–H groups in total. The van der Waals surface area contributed by atoms with Gasteiger partial charge in [0.05, 0.1) is 17.6 Å². The lowest BCUT2D eigenvalue weighted by Gasteiger charge is -2.27. The molecule has 0 aliphatic carbocycles. The van der Waals surface area contributed by atoms with Crippen LogP contribution in [0.25, 0.3) is 55.8 Å². The van der Waals surface area contributed by atoms with Crippen molar-refractivity contribution in [1.29, 1.82) is 0 Å². The van der Waals surface area contributed by atoms with Gasteiger partial charge in [0, 0.05) is 16.9 Å². The van der Waals surface area contributed by atoms with Crippen molar-refractivity contribution in [2.24, 2.45) is 0 Å². The maximum atomic E-state index is 5.27. The molecule has 0 aliphatic rings. The Morgan fingerprint density at radius 3 is 1.09 bits per heavy atom. The van der Waals surface area contributed by atoms with Crippen LogP contribution in [0.3, 0.4) is 0 Å². The SMILES string of the molecule is CC(C)(C)c1cc(-c2ccccc2)c(-c2ccc(N(c3ccc(-c4ccccc4)cc3)c3ccc(-c4ccccc4)cc3)cn2)c(-c2ccccc2)c1. The van der Waals surface area contributed by atoms with Crippen LogP contribution in [0.1, 0.15) is 26.3 Å². The van der Waals surface area contributed by atoms with Gasteiger partial charge in [-0.15, -0.1) is 0 Å². The summed E-state index contributed by atoms with van der Waals surface area (Å²) in [5, 5.41) is 0. The summed E-state index contributed by atoms with van der Waals surface area (Å²) >= 11 is 0. The van der Waals surface area contributed by atoms with Crippen LogP contribution in [0.15, 0.2) is 200 Å². The van der Waals surface area contributed by atoms with Crippen molar-refractivity contribution in [2.45, 2.75) is 26.2 Å². The highest BCUT2D eigenvalue weighted by molar-refractivity contribution is 5.94. The first-order chi connectivity index (χ1) is 25.9. The normalized spacial score (nSPS) is 11.3. The standard InChI is InChI=1S/C51H42N2/c1-51(2,3)43-34-47(41-20-12-6-13-21-41)50(48(35-43)42-22-14-7-15-23-42)49-33-32-46(36-52-49)53(44-28-24-39(25-29-44)37-16-8-4-9-17-37)45-30-26-40(27-31-45)38-18-10-5-11-19-38/h4-36H,1-3H3. The Balaban J connectivity index is 1.26. The van der Waals surface area contributed by atoms with E-state index < -0.39 is 0 Å². The van der Waals surface area contributed by atoms with Gasteiger partial charge in [-0.1, -0.05) is 166 Å². The minimum Gasteiger partial charge on any atom is -0.309 e. The molecule has 0 saturated carbocycles. The van der Waals surface area contributed by atoms with Crippen molar-refractivity contribution < 1.29 is 0 Å². The maximum absolute atomic E-state index is 5.27. The molecule has 53 heavy (non-hydrogen) atoms. The van der Waals surface area contributed by atoms with E-state index in [-0.39, 0.29) is 5.41 Å². The van der Waals surface area contributed by atoms with Gasteiger partial charge in [-0.05, 0) is 104 Å².